The summed E-state index contributed by atoms with van der Waals surface area (Å²) in [5.74, 6) is -0.124. The number of hydrogen-bond acceptors (Lipinski definition) is 4. The van der Waals surface area contributed by atoms with Crippen molar-refractivity contribution < 1.29 is 31.1 Å². The molecule has 0 saturated heterocycles. The third-order valence-electron chi connectivity index (χ3n) is 5.53. The highest BCUT2D eigenvalue weighted by molar-refractivity contribution is 7.92. The summed E-state index contributed by atoms with van der Waals surface area (Å²) in [6.45, 7) is 3.62. The molecule has 1 amide bonds. The lowest BCUT2D eigenvalue weighted by Crippen LogP contribution is -2.38. The largest absolute Gasteiger partial charge is 0.494 e. The van der Waals surface area contributed by atoms with Crippen molar-refractivity contribution in [2.75, 3.05) is 22.8 Å². The quantitative estimate of drug-likeness (QED) is 0.314. The Labute approximate surface area is 215 Å². The van der Waals surface area contributed by atoms with Crippen LogP contribution in [0.25, 0.3) is 0 Å². The van der Waals surface area contributed by atoms with Gasteiger partial charge in [-0.3, -0.25) is 9.10 Å². The van der Waals surface area contributed by atoms with Gasteiger partial charge in [0.25, 0.3) is 10.0 Å². The Hall–Kier alpha value is -3.53. The number of amides is 1. The maximum absolute atomic E-state index is 13.6. The minimum Gasteiger partial charge on any atom is -0.494 e. The summed E-state index contributed by atoms with van der Waals surface area (Å²) >= 11 is 0. The number of nitrogens with one attached hydrogen (secondary N) is 1. The first-order valence-corrected chi connectivity index (χ1v) is 13.3. The second kappa shape index (κ2) is 12.1. The van der Waals surface area contributed by atoms with Gasteiger partial charge in [0.15, 0.2) is 0 Å². The summed E-state index contributed by atoms with van der Waals surface area (Å²) in [6, 6.07) is 16.5. The fraction of sp³-hybridized carbons (Fsp3) is 0.296. The summed E-state index contributed by atoms with van der Waals surface area (Å²) in [5.41, 5.74) is 0.0357. The zero-order chi connectivity index (χ0) is 27.1. The van der Waals surface area contributed by atoms with Gasteiger partial charge < -0.3 is 10.1 Å². The van der Waals surface area contributed by atoms with E-state index in [9.17, 15) is 26.4 Å². The number of aryl methyl sites for hydroxylation is 1. The number of halogens is 3. The average Bonchev–Trinajstić information content (AvgIpc) is 2.87. The van der Waals surface area contributed by atoms with Crippen molar-refractivity contribution in [1.82, 2.24) is 0 Å². The second-order valence-electron chi connectivity index (χ2n) is 8.31. The Morgan fingerprint density at radius 2 is 1.65 bits per heavy atom. The monoisotopic (exact) mass is 534 g/mol. The van der Waals surface area contributed by atoms with Crippen LogP contribution in [-0.2, 0) is 27.4 Å². The Kier molecular flexibility index (Phi) is 9.20. The number of sulfonamides is 1. The molecule has 0 unspecified atom stereocenters. The van der Waals surface area contributed by atoms with Crippen LogP contribution in [0.2, 0.25) is 0 Å². The number of carbonyl (C=O) groups is 1. The summed E-state index contributed by atoms with van der Waals surface area (Å²) < 4.78 is 73.3. The van der Waals surface area contributed by atoms with Gasteiger partial charge in [0.05, 0.1) is 22.8 Å². The summed E-state index contributed by atoms with van der Waals surface area (Å²) in [4.78, 5) is 12.7. The van der Waals surface area contributed by atoms with Crippen LogP contribution in [0.15, 0.2) is 77.7 Å². The van der Waals surface area contributed by atoms with Crippen LogP contribution in [0.5, 0.6) is 5.75 Å². The highest BCUT2D eigenvalue weighted by Gasteiger charge is 2.33. The molecule has 0 aliphatic heterocycles. The molecule has 198 valence electrons. The van der Waals surface area contributed by atoms with E-state index < -0.39 is 34.2 Å². The zero-order valence-corrected chi connectivity index (χ0v) is 21.4. The average molecular weight is 535 g/mol. The smallest absolute Gasteiger partial charge is 0.416 e. The number of hydrogen-bond donors (Lipinski definition) is 1. The maximum atomic E-state index is 13.6. The highest BCUT2D eigenvalue weighted by atomic mass is 32.2. The topological polar surface area (TPSA) is 75.7 Å². The molecule has 0 radical (unpaired) electrons. The van der Waals surface area contributed by atoms with Crippen molar-refractivity contribution in [3.05, 3.63) is 83.9 Å². The number of carbonyl (C=O) groups excluding carboxylic acids is 1. The molecule has 0 aliphatic carbocycles. The number of alkyl halides is 3. The molecule has 3 rings (SSSR count). The van der Waals surface area contributed by atoms with Gasteiger partial charge in [-0.1, -0.05) is 31.5 Å². The van der Waals surface area contributed by atoms with E-state index in [1.165, 1.54) is 18.2 Å². The number of anilines is 2. The van der Waals surface area contributed by atoms with Crippen molar-refractivity contribution >= 4 is 27.3 Å². The van der Waals surface area contributed by atoms with E-state index in [0.717, 1.165) is 43.0 Å². The van der Waals surface area contributed by atoms with Crippen molar-refractivity contribution in [2.45, 2.75) is 44.2 Å². The summed E-state index contributed by atoms with van der Waals surface area (Å²) in [7, 11) is -4.37. The van der Waals surface area contributed by atoms with Gasteiger partial charge in [0.2, 0.25) is 5.91 Å². The molecule has 0 fully saturated rings. The first-order chi connectivity index (χ1) is 17.5. The molecule has 6 nitrogen and oxygen atoms in total. The summed E-state index contributed by atoms with van der Waals surface area (Å²) in [6.07, 6.45) is -1.99. The molecule has 0 saturated carbocycles. The van der Waals surface area contributed by atoms with Crippen LogP contribution in [0.3, 0.4) is 0 Å². The number of rotatable bonds is 11. The van der Waals surface area contributed by atoms with E-state index in [-0.39, 0.29) is 10.6 Å². The number of unbranched alkanes of at least 4 members (excludes halogenated alkanes) is 1. The molecule has 0 bridgehead atoms. The zero-order valence-electron chi connectivity index (χ0n) is 20.6. The van der Waals surface area contributed by atoms with Crippen LogP contribution in [0, 0.1) is 0 Å². The minimum absolute atomic E-state index is 0.126. The predicted octanol–water partition coefficient (Wildman–Crippen LogP) is 6.28. The van der Waals surface area contributed by atoms with Gasteiger partial charge in [-0.25, -0.2) is 8.42 Å². The van der Waals surface area contributed by atoms with Crippen LogP contribution in [0.1, 0.15) is 37.8 Å². The Morgan fingerprint density at radius 3 is 2.24 bits per heavy atom. The Morgan fingerprint density at radius 1 is 0.973 bits per heavy atom. The molecule has 0 aromatic heterocycles. The van der Waals surface area contributed by atoms with Gasteiger partial charge in [-0.15, -0.1) is 0 Å². The first-order valence-electron chi connectivity index (χ1n) is 11.9. The number of benzene rings is 3. The lowest BCUT2D eigenvalue weighted by molar-refractivity contribution is -0.137. The van der Waals surface area contributed by atoms with E-state index in [2.05, 4.69) is 5.32 Å². The van der Waals surface area contributed by atoms with Crippen LogP contribution >= 0.6 is 0 Å². The molecule has 0 aliphatic rings. The van der Waals surface area contributed by atoms with Gasteiger partial charge in [-0.05, 0) is 79.9 Å². The third kappa shape index (κ3) is 7.48. The molecule has 1 N–H and O–H groups in total. The standard InChI is InChI=1S/C27H29F3N2O4S/c1-3-5-7-20-10-16-25(17-11-20)37(34,35)32(23-9-6-8-21(18-23)27(28,29)30)19-26(33)31-22-12-14-24(15-13-22)36-4-2/h6,8-18H,3-5,7,19H2,1-2H3,(H,31,33). The predicted molar refractivity (Wildman–Crippen MR) is 137 cm³/mol. The van der Waals surface area contributed by atoms with Gasteiger partial charge in [0, 0.05) is 5.69 Å². The van der Waals surface area contributed by atoms with E-state index in [1.807, 2.05) is 13.8 Å². The Bertz CT molecular complexity index is 1290. The van der Waals surface area contributed by atoms with Crippen molar-refractivity contribution in [3.8, 4) is 5.75 Å². The lowest BCUT2D eigenvalue weighted by Gasteiger charge is -2.25. The third-order valence-corrected chi connectivity index (χ3v) is 7.32. The van der Waals surface area contributed by atoms with Crippen molar-refractivity contribution in [3.63, 3.8) is 0 Å². The van der Waals surface area contributed by atoms with Gasteiger partial charge in [-0.2, -0.15) is 13.2 Å². The summed E-state index contributed by atoms with van der Waals surface area (Å²) in [5, 5.41) is 2.59. The van der Waals surface area contributed by atoms with Crippen molar-refractivity contribution in [2.24, 2.45) is 0 Å². The first kappa shape index (κ1) is 28.0. The molecular weight excluding hydrogens is 505 g/mol. The molecular formula is C27H29F3N2O4S. The number of ether oxygens (including phenoxy) is 1. The second-order valence-corrected chi connectivity index (χ2v) is 10.2. The Balaban J connectivity index is 1.93. The lowest BCUT2D eigenvalue weighted by atomic mass is 10.1. The van der Waals surface area contributed by atoms with Crippen LogP contribution in [-0.4, -0.2) is 27.5 Å². The molecule has 3 aromatic rings. The highest BCUT2D eigenvalue weighted by Crippen LogP contribution is 2.33. The molecule has 0 atom stereocenters. The SMILES string of the molecule is CCCCc1ccc(S(=O)(=O)N(CC(=O)Nc2ccc(OCC)cc2)c2cccc(C(F)(F)F)c2)cc1. The van der Waals surface area contributed by atoms with E-state index in [1.54, 1.807) is 36.4 Å². The molecule has 0 heterocycles. The van der Waals surface area contributed by atoms with E-state index in [4.69, 9.17) is 4.74 Å². The molecule has 37 heavy (non-hydrogen) atoms. The fourth-order valence-corrected chi connectivity index (χ4v) is 5.03. The van der Waals surface area contributed by atoms with Crippen LogP contribution in [0.4, 0.5) is 24.5 Å². The minimum atomic E-state index is -4.68. The van der Waals surface area contributed by atoms with Gasteiger partial charge >= 0.3 is 6.18 Å². The normalized spacial score (nSPS) is 11.7. The van der Waals surface area contributed by atoms with Crippen LogP contribution < -0.4 is 14.4 Å². The van der Waals surface area contributed by atoms with Gasteiger partial charge in [0.1, 0.15) is 12.3 Å². The van der Waals surface area contributed by atoms with E-state index in [0.29, 0.717) is 22.3 Å². The molecule has 0 spiro atoms. The molecule has 10 heteroatoms. The fourth-order valence-electron chi connectivity index (χ4n) is 3.62. The molecule has 3 aromatic carbocycles. The maximum Gasteiger partial charge on any atom is 0.416 e. The van der Waals surface area contributed by atoms with E-state index >= 15 is 0 Å². The van der Waals surface area contributed by atoms with Crippen molar-refractivity contribution in [1.29, 1.82) is 0 Å². The number of nitrogens with zero attached hydrogens (tertiary/aromatic N) is 1.